The van der Waals surface area contributed by atoms with Gasteiger partial charge in [-0.3, -0.25) is 15.1 Å². The van der Waals surface area contributed by atoms with Gasteiger partial charge in [0.05, 0.1) is 16.3 Å². The summed E-state index contributed by atoms with van der Waals surface area (Å²) in [4.78, 5) is 4.93. The SMILES string of the molecule is CN(Cc1ccc(-c2ccn[nH]2)s1)Cc1n[nH]c2c1CCC2. The molecule has 3 aromatic heterocycles. The van der Waals surface area contributed by atoms with Crippen LogP contribution in [0.2, 0.25) is 0 Å². The number of nitrogens with zero attached hydrogens (tertiary/aromatic N) is 3. The summed E-state index contributed by atoms with van der Waals surface area (Å²) in [5.74, 6) is 0. The molecule has 1 aliphatic rings. The molecule has 0 amide bonds. The van der Waals surface area contributed by atoms with Crippen molar-refractivity contribution >= 4 is 11.3 Å². The Morgan fingerprint density at radius 3 is 3.00 bits per heavy atom. The van der Waals surface area contributed by atoms with Gasteiger partial charge in [0.2, 0.25) is 0 Å². The summed E-state index contributed by atoms with van der Waals surface area (Å²) < 4.78 is 0. The molecule has 22 heavy (non-hydrogen) atoms. The van der Waals surface area contributed by atoms with Crippen molar-refractivity contribution < 1.29 is 0 Å². The van der Waals surface area contributed by atoms with Gasteiger partial charge in [-0.15, -0.1) is 11.3 Å². The first kappa shape index (κ1) is 13.7. The third-order valence-electron chi connectivity index (χ3n) is 4.17. The molecule has 0 radical (unpaired) electrons. The highest BCUT2D eigenvalue weighted by Crippen LogP contribution is 2.28. The van der Waals surface area contributed by atoms with E-state index in [1.165, 1.54) is 39.5 Å². The van der Waals surface area contributed by atoms with Crippen molar-refractivity contribution in [2.24, 2.45) is 0 Å². The number of thiophene rings is 1. The quantitative estimate of drug-likeness (QED) is 0.761. The molecule has 5 nitrogen and oxygen atoms in total. The van der Waals surface area contributed by atoms with Crippen LogP contribution in [-0.2, 0) is 25.9 Å². The Morgan fingerprint density at radius 1 is 1.18 bits per heavy atom. The Bertz CT molecular complexity index is 755. The van der Waals surface area contributed by atoms with Crippen molar-refractivity contribution in [3.8, 4) is 10.6 Å². The summed E-state index contributed by atoms with van der Waals surface area (Å²) >= 11 is 1.82. The highest BCUT2D eigenvalue weighted by Gasteiger charge is 2.19. The number of hydrogen-bond acceptors (Lipinski definition) is 4. The minimum atomic E-state index is 0.906. The predicted molar refractivity (Wildman–Crippen MR) is 87.7 cm³/mol. The molecule has 0 saturated heterocycles. The van der Waals surface area contributed by atoms with Gasteiger partial charge in [0, 0.05) is 29.9 Å². The van der Waals surface area contributed by atoms with Gasteiger partial charge in [-0.2, -0.15) is 10.2 Å². The molecule has 1 aliphatic carbocycles. The van der Waals surface area contributed by atoms with Gasteiger partial charge in [0.25, 0.3) is 0 Å². The maximum absolute atomic E-state index is 4.49. The molecule has 0 atom stereocenters. The Kier molecular flexibility index (Phi) is 3.56. The van der Waals surface area contributed by atoms with Crippen molar-refractivity contribution in [3.05, 3.63) is 46.2 Å². The average Bonchev–Trinajstić information content (AvgIpc) is 3.24. The molecule has 0 aromatic carbocycles. The molecule has 3 aromatic rings. The number of rotatable bonds is 5. The van der Waals surface area contributed by atoms with Crippen LogP contribution in [0.4, 0.5) is 0 Å². The van der Waals surface area contributed by atoms with Crippen molar-refractivity contribution in [1.29, 1.82) is 0 Å². The highest BCUT2D eigenvalue weighted by atomic mass is 32.1. The second kappa shape index (κ2) is 5.70. The number of nitrogens with one attached hydrogen (secondary N) is 2. The fourth-order valence-electron chi connectivity index (χ4n) is 3.10. The molecule has 3 heterocycles. The van der Waals surface area contributed by atoms with E-state index < -0.39 is 0 Å². The second-order valence-electron chi connectivity index (χ2n) is 5.89. The van der Waals surface area contributed by atoms with Crippen LogP contribution in [0.5, 0.6) is 0 Å². The number of hydrogen-bond donors (Lipinski definition) is 2. The van der Waals surface area contributed by atoms with E-state index in [1.807, 2.05) is 17.4 Å². The number of fused-ring (bicyclic) bond motifs is 1. The molecule has 0 bridgehead atoms. The van der Waals surface area contributed by atoms with Gasteiger partial charge in [-0.1, -0.05) is 0 Å². The Hall–Kier alpha value is -1.92. The third-order valence-corrected chi connectivity index (χ3v) is 5.27. The summed E-state index contributed by atoms with van der Waals surface area (Å²) in [7, 11) is 2.16. The van der Waals surface area contributed by atoms with Crippen LogP contribution in [0.25, 0.3) is 10.6 Å². The molecule has 4 rings (SSSR count). The van der Waals surface area contributed by atoms with Crippen molar-refractivity contribution in [2.45, 2.75) is 32.4 Å². The average molecular weight is 313 g/mol. The van der Waals surface area contributed by atoms with Crippen LogP contribution in [0.15, 0.2) is 24.4 Å². The fourth-order valence-corrected chi connectivity index (χ4v) is 4.16. The maximum Gasteiger partial charge on any atom is 0.0797 e. The van der Waals surface area contributed by atoms with E-state index in [1.54, 1.807) is 6.20 Å². The molecular formula is C16H19N5S. The molecule has 2 N–H and O–H groups in total. The number of aromatic amines is 2. The van der Waals surface area contributed by atoms with Crippen LogP contribution < -0.4 is 0 Å². The Morgan fingerprint density at radius 2 is 2.14 bits per heavy atom. The van der Waals surface area contributed by atoms with Crippen molar-refractivity contribution in [2.75, 3.05) is 7.05 Å². The van der Waals surface area contributed by atoms with E-state index >= 15 is 0 Å². The second-order valence-corrected chi connectivity index (χ2v) is 7.06. The Balaban J connectivity index is 1.42. The summed E-state index contributed by atoms with van der Waals surface area (Å²) in [6, 6.07) is 6.37. The van der Waals surface area contributed by atoms with E-state index in [4.69, 9.17) is 0 Å². The number of aromatic nitrogens is 4. The predicted octanol–water partition coefficient (Wildman–Crippen LogP) is 2.98. The third kappa shape index (κ3) is 2.60. The zero-order valence-electron chi connectivity index (χ0n) is 12.6. The Labute approximate surface area is 133 Å². The molecule has 114 valence electrons. The molecule has 0 unspecified atom stereocenters. The smallest absolute Gasteiger partial charge is 0.0797 e. The number of aryl methyl sites for hydroxylation is 1. The lowest BCUT2D eigenvalue weighted by Gasteiger charge is -2.14. The molecule has 6 heteroatoms. The summed E-state index contributed by atoms with van der Waals surface area (Å²) in [5, 5.41) is 14.7. The summed E-state index contributed by atoms with van der Waals surface area (Å²) in [6.45, 7) is 1.85. The monoisotopic (exact) mass is 313 g/mol. The highest BCUT2D eigenvalue weighted by molar-refractivity contribution is 7.15. The molecular weight excluding hydrogens is 294 g/mol. The minimum Gasteiger partial charge on any atom is -0.295 e. The van der Waals surface area contributed by atoms with Crippen LogP contribution in [-0.4, -0.2) is 32.3 Å². The largest absolute Gasteiger partial charge is 0.295 e. The number of H-pyrrole nitrogens is 2. The van der Waals surface area contributed by atoms with E-state index in [2.05, 4.69) is 44.5 Å². The fraction of sp³-hybridized carbons (Fsp3) is 0.375. The topological polar surface area (TPSA) is 60.6 Å². The summed E-state index contributed by atoms with van der Waals surface area (Å²) in [6.07, 6.45) is 5.39. The normalized spacial score (nSPS) is 13.9. The van der Waals surface area contributed by atoms with Gasteiger partial charge < -0.3 is 0 Å². The lowest BCUT2D eigenvalue weighted by Crippen LogP contribution is -2.17. The van der Waals surface area contributed by atoms with Crippen LogP contribution in [0.3, 0.4) is 0 Å². The van der Waals surface area contributed by atoms with E-state index in [9.17, 15) is 0 Å². The van der Waals surface area contributed by atoms with Gasteiger partial charge in [0.1, 0.15) is 0 Å². The zero-order valence-corrected chi connectivity index (χ0v) is 13.4. The van der Waals surface area contributed by atoms with Crippen LogP contribution >= 0.6 is 11.3 Å². The zero-order chi connectivity index (χ0) is 14.9. The first-order valence-corrected chi connectivity index (χ1v) is 8.43. The molecule has 0 saturated carbocycles. The van der Waals surface area contributed by atoms with Gasteiger partial charge in [-0.05, 0) is 50.1 Å². The minimum absolute atomic E-state index is 0.906. The van der Waals surface area contributed by atoms with Gasteiger partial charge >= 0.3 is 0 Å². The van der Waals surface area contributed by atoms with Gasteiger partial charge in [-0.25, -0.2) is 0 Å². The van der Waals surface area contributed by atoms with Gasteiger partial charge in [0.15, 0.2) is 0 Å². The molecule has 0 spiro atoms. The van der Waals surface area contributed by atoms with Crippen LogP contribution in [0, 0.1) is 0 Å². The standard InChI is InChI=1S/C16H19N5S/c1-21(10-15-12-3-2-4-13(12)19-20-15)9-11-5-6-16(22-11)14-7-8-17-18-14/h5-8H,2-4,9-10H2,1H3,(H,17,18)(H,19,20). The van der Waals surface area contributed by atoms with Crippen LogP contribution in [0.1, 0.15) is 28.2 Å². The van der Waals surface area contributed by atoms with E-state index in [0.717, 1.165) is 25.2 Å². The van der Waals surface area contributed by atoms with Crippen molar-refractivity contribution in [3.63, 3.8) is 0 Å². The molecule has 0 fully saturated rings. The molecule has 0 aliphatic heterocycles. The van der Waals surface area contributed by atoms with E-state index in [-0.39, 0.29) is 0 Å². The lowest BCUT2D eigenvalue weighted by atomic mass is 10.2. The summed E-state index contributed by atoms with van der Waals surface area (Å²) in [5.41, 5.74) is 5.11. The first-order valence-electron chi connectivity index (χ1n) is 7.61. The lowest BCUT2D eigenvalue weighted by molar-refractivity contribution is 0.317. The maximum atomic E-state index is 4.49. The van der Waals surface area contributed by atoms with E-state index in [0.29, 0.717) is 0 Å². The first-order chi connectivity index (χ1) is 10.8. The van der Waals surface area contributed by atoms with Crippen molar-refractivity contribution in [1.82, 2.24) is 25.3 Å².